The lowest BCUT2D eigenvalue weighted by Crippen LogP contribution is -2.06. The first-order valence-electron chi connectivity index (χ1n) is 5.44. The fourth-order valence-electron chi connectivity index (χ4n) is 1.59. The number of benzene rings is 1. The molecular formula is C13H15N3O. The Morgan fingerprint density at radius 1 is 1.12 bits per heavy atom. The molecule has 4 heteroatoms. The molecule has 0 aliphatic carbocycles. The number of nitrogens with two attached hydrogens (primary N) is 1. The molecule has 0 fully saturated rings. The predicted molar refractivity (Wildman–Crippen MR) is 67.6 cm³/mol. The van der Waals surface area contributed by atoms with Crippen molar-refractivity contribution in [3.8, 4) is 5.75 Å². The van der Waals surface area contributed by atoms with Crippen LogP contribution in [0, 0.1) is 0 Å². The van der Waals surface area contributed by atoms with Crippen molar-refractivity contribution in [3.63, 3.8) is 0 Å². The van der Waals surface area contributed by atoms with E-state index in [9.17, 15) is 5.11 Å². The summed E-state index contributed by atoms with van der Waals surface area (Å²) in [6, 6.07) is 8.92. The van der Waals surface area contributed by atoms with E-state index in [2.05, 4.69) is 10.3 Å². The Labute approximate surface area is 100 Å². The number of rotatable bonds is 4. The number of nitrogens with one attached hydrogen (secondary N) is 1. The van der Waals surface area contributed by atoms with Crippen LogP contribution in [-0.2, 0) is 13.1 Å². The molecule has 1 heterocycles. The molecule has 0 saturated heterocycles. The van der Waals surface area contributed by atoms with Crippen molar-refractivity contribution >= 4 is 5.69 Å². The minimum absolute atomic E-state index is 0.266. The minimum atomic E-state index is 0.266. The third-order valence-electron chi connectivity index (χ3n) is 2.57. The topological polar surface area (TPSA) is 71.2 Å². The summed E-state index contributed by atoms with van der Waals surface area (Å²) in [6.07, 6.45) is 3.54. The van der Waals surface area contributed by atoms with Crippen LogP contribution in [0.3, 0.4) is 0 Å². The van der Waals surface area contributed by atoms with E-state index in [0.717, 1.165) is 16.8 Å². The molecular weight excluding hydrogens is 214 g/mol. The van der Waals surface area contributed by atoms with Crippen molar-refractivity contribution < 1.29 is 5.11 Å². The van der Waals surface area contributed by atoms with E-state index >= 15 is 0 Å². The molecule has 0 bridgehead atoms. The number of phenolic OH excluding ortho intramolecular Hbond substituents is 1. The van der Waals surface area contributed by atoms with Gasteiger partial charge in [0.1, 0.15) is 5.75 Å². The molecule has 2 rings (SSSR count). The van der Waals surface area contributed by atoms with Gasteiger partial charge in [-0.05, 0) is 41.5 Å². The highest BCUT2D eigenvalue weighted by Crippen LogP contribution is 2.15. The Kier molecular flexibility index (Phi) is 3.57. The molecule has 0 atom stereocenters. The fraction of sp³-hybridized carbons (Fsp3) is 0.154. The summed E-state index contributed by atoms with van der Waals surface area (Å²) in [4.78, 5) is 4.04. The molecule has 0 aliphatic heterocycles. The fourth-order valence-corrected chi connectivity index (χ4v) is 1.59. The third-order valence-corrected chi connectivity index (χ3v) is 2.57. The molecule has 88 valence electrons. The summed E-state index contributed by atoms with van der Waals surface area (Å²) in [5.41, 5.74) is 8.77. The highest BCUT2D eigenvalue weighted by atomic mass is 16.3. The van der Waals surface area contributed by atoms with Gasteiger partial charge in [-0.3, -0.25) is 4.98 Å². The largest absolute Gasteiger partial charge is 0.508 e. The van der Waals surface area contributed by atoms with Crippen molar-refractivity contribution in [2.75, 3.05) is 5.32 Å². The van der Waals surface area contributed by atoms with Crippen LogP contribution in [0.25, 0.3) is 0 Å². The summed E-state index contributed by atoms with van der Waals surface area (Å²) in [6.45, 7) is 1.18. The van der Waals surface area contributed by atoms with Gasteiger partial charge in [-0.2, -0.15) is 0 Å². The van der Waals surface area contributed by atoms with Crippen LogP contribution in [0.5, 0.6) is 5.75 Å². The first-order valence-corrected chi connectivity index (χ1v) is 5.44. The lowest BCUT2D eigenvalue weighted by Gasteiger charge is -2.09. The molecule has 2 aromatic rings. The van der Waals surface area contributed by atoms with E-state index in [4.69, 9.17) is 5.73 Å². The first-order chi connectivity index (χ1) is 8.29. The van der Waals surface area contributed by atoms with Crippen LogP contribution in [0.2, 0.25) is 0 Å². The Balaban J connectivity index is 2.04. The van der Waals surface area contributed by atoms with E-state index in [1.54, 1.807) is 24.5 Å². The second kappa shape index (κ2) is 5.32. The molecule has 0 radical (unpaired) electrons. The van der Waals surface area contributed by atoms with Gasteiger partial charge in [0, 0.05) is 31.2 Å². The summed E-state index contributed by atoms with van der Waals surface area (Å²) < 4.78 is 0. The monoisotopic (exact) mass is 229 g/mol. The third kappa shape index (κ3) is 2.95. The maximum absolute atomic E-state index is 9.17. The van der Waals surface area contributed by atoms with Gasteiger partial charge >= 0.3 is 0 Å². The molecule has 17 heavy (non-hydrogen) atoms. The second-order valence-corrected chi connectivity index (χ2v) is 3.75. The van der Waals surface area contributed by atoms with Gasteiger partial charge in [0.25, 0.3) is 0 Å². The summed E-state index contributed by atoms with van der Waals surface area (Å²) >= 11 is 0. The number of pyridine rings is 1. The van der Waals surface area contributed by atoms with Gasteiger partial charge in [-0.15, -0.1) is 0 Å². The first kappa shape index (κ1) is 11.4. The normalized spacial score (nSPS) is 10.2. The summed E-state index contributed by atoms with van der Waals surface area (Å²) in [5, 5.41) is 12.4. The van der Waals surface area contributed by atoms with E-state index in [1.807, 2.05) is 18.2 Å². The van der Waals surface area contributed by atoms with Crippen LogP contribution in [0.15, 0.2) is 42.7 Å². The number of aromatic nitrogens is 1. The maximum Gasteiger partial charge on any atom is 0.115 e. The smallest absolute Gasteiger partial charge is 0.115 e. The molecule has 0 spiro atoms. The average Bonchev–Trinajstić information content (AvgIpc) is 2.38. The minimum Gasteiger partial charge on any atom is -0.508 e. The number of hydrogen-bond acceptors (Lipinski definition) is 4. The SMILES string of the molecule is NCc1cnccc1CNc1ccc(O)cc1. The van der Waals surface area contributed by atoms with Crippen LogP contribution >= 0.6 is 0 Å². The molecule has 4 N–H and O–H groups in total. The molecule has 0 amide bonds. The van der Waals surface area contributed by atoms with Gasteiger partial charge in [-0.1, -0.05) is 0 Å². The van der Waals surface area contributed by atoms with Gasteiger partial charge < -0.3 is 16.2 Å². The molecule has 1 aromatic carbocycles. The van der Waals surface area contributed by atoms with Crippen molar-refractivity contribution in [2.45, 2.75) is 13.1 Å². The van der Waals surface area contributed by atoms with E-state index in [1.165, 1.54) is 0 Å². The van der Waals surface area contributed by atoms with Crippen molar-refractivity contribution in [1.29, 1.82) is 0 Å². The summed E-state index contributed by atoms with van der Waals surface area (Å²) in [7, 11) is 0. The lowest BCUT2D eigenvalue weighted by atomic mass is 10.1. The predicted octanol–water partition coefficient (Wildman–Crippen LogP) is 1.86. The van der Waals surface area contributed by atoms with Gasteiger partial charge in [-0.25, -0.2) is 0 Å². The molecule has 0 aliphatic rings. The Hall–Kier alpha value is -2.07. The van der Waals surface area contributed by atoms with Gasteiger partial charge in [0.05, 0.1) is 0 Å². The lowest BCUT2D eigenvalue weighted by molar-refractivity contribution is 0.475. The highest BCUT2D eigenvalue weighted by Gasteiger charge is 2.00. The zero-order valence-electron chi connectivity index (χ0n) is 9.43. The zero-order valence-corrected chi connectivity index (χ0v) is 9.43. The standard InChI is InChI=1S/C13H15N3O/c14-7-11-8-15-6-5-10(11)9-16-12-1-3-13(17)4-2-12/h1-6,8,16-17H,7,9,14H2. The quantitative estimate of drug-likeness (QED) is 0.700. The Morgan fingerprint density at radius 2 is 1.88 bits per heavy atom. The number of hydrogen-bond donors (Lipinski definition) is 3. The van der Waals surface area contributed by atoms with Crippen LogP contribution in [-0.4, -0.2) is 10.1 Å². The summed E-state index contributed by atoms with van der Waals surface area (Å²) in [5.74, 6) is 0.266. The van der Waals surface area contributed by atoms with Crippen LogP contribution < -0.4 is 11.1 Å². The molecule has 0 unspecified atom stereocenters. The highest BCUT2D eigenvalue weighted by molar-refractivity contribution is 5.46. The number of aromatic hydroxyl groups is 1. The Morgan fingerprint density at radius 3 is 2.59 bits per heavy atom. The van der Waals surface area contributed by atoms with Crippen molar-refractivity contribution in [3.05, 3.63) is 53.9 Å². The van der Waals surface area contributed by atoms with E-state index in [-0.39, 0.29) is 5.75 Å². The van der Waals surface area contributed by atoms with Crippen molar-refractivity contribution in [2.24, 2.45) is 5.73 Å². The van der Waals surface area contributed by atoms with Gasteiger partial charge in [0.2, 0.25) is 0 Å². The van der Waals surface area contributed by atoms with Crippen LogP contribution in [0.4, 0.5) is 5.69 Å². The molecule has 1 aromatic heterocycles. The zero-order chi connectivity index (χ0) is 12.1. The number of nitrogens with zero attached hydrogens (tertiary/aromatic N) is 1. The number of phenols is 1. The van der Waals surface area contributed by atoms with E-state index in [0.29, 0.717) is 13.1 Å². The van der Waals surface area contributed by atoms with E-state index < -0.39 is 0 Å². The van der Waals surface area contributed by atoms with Crippen LogP contribution in [0.1, 0.15) is 11.1 Å². The maximum atomic E-state index is 9.17. The molecule has 4 nitrogen and oxygen atoms in total. The second-order valence-electron chi connectivity index (χ2n) is 3.75. The average molecular weight is 229 g/mol. The number of anilines is 1. The Bertz CT molecular complexity index is 482. The molecule has 0 saturated carbocycles. The van der Waals surface area contributed by atoms with Crippen molar-refractivity contribution in [1.82, 2.24) is 4.98 Å². The van der Waals surface area contributed by atoms with Gasteiger partial charge in [0.15, 0.2) is 0 Å².